The van der Waals surface area contributed by atoms with Gasteiger partial charge in [-0.15, -0.1) is 0 Å². The van der Waals surface area contributed by atoms with Crippen LogP contribution in [0.5, 0.6) is 11.5 Å². The molecule has 0 atom stereocenters. The fourth-order valence-corrected chi connectivity index (χ4v) is 2.13. The largest absolute Gasteiger partial charge is 0.492 e. The minimum absolute atomic E-state index is 0.143. The van der Waals surface area contributed by atoms with Gasteiger partial charge >= 0.3 is 0 Å². The lowest BCUT2D eigenvalue weighted by Crippen LogP contribution is -2.22. The van der Waals surface area contributed by atoms with Gasteiger partial charge in [-0.2, -0.15) is 0 Å². The van der Waals surface area contributed by atoms with Gasteiger partial charge in [0.05, 0.1) is 18.8 Å². The zero-order valence-corrected chi connectivity index (χ0v) is 14.7. The maximum Gasteiger partial charge on any atom is 0.243 e. The van der Waals surface area contributed by atoms with E-state index >= 15 is 0 Å². The average molecular weight is 340 g/mol. The van der Waals surface area contributed by atoms with E-state index in [2.05, 4.69) is 17.2 Å². The molecule has 5 nitrogen and oxygen atoms in total. The number of carbonyl (C=O) groups excluding carboxylic acids is 1. The lowest BCUT2D eigenvalue weighted by atomic mass is 10.2. The summed E-state index contributed by atoms with van der Waals surface area (Å²) in [5.41, 5.74) is 2.42. The molecule has 0 aliphatic heterocycles. The monoisotopic (exact) mass is 340 g/mol. The second-order valence-electron chi connectivity index (χ2n) is 5.60. The van der Waals surface area contributed by atoms with Gasteiger partial charge in [0.15, 0.2) is 0 Å². The summed E-state index contributed by atoms with van der Waals surface area (Å²) in [4.78, 5) is 12.2. The highest BCUT2D eigenvalue weighted by molar-refractivity contribution is 5.95. The number of rotatable bonds is 9. The number of benzene rings is 2. The molecule has 0 aliphatic carbocycles. The van der Waals surface area contributed by atoms with Crippen LogP contribution in [0.15, 0.2) is 60.7 Å². The van der Waals surface area contributed by atoms with Crippen LogP contribution < -0.4 is 20.1 Å². The Balaban J connectivity index is 1.90. The van der Waals surface area contributed by atoms with E-state index in [0.717, 1.165) is 17.0 Å². The first-order valence-corrected chi connectivity index (χ1v) is 8.21. The molecule has 0 bridgehead atoms. The highest BCUT2D eigenvalue weighted by Crippen LogP contribution is 2.23. The lowest BCUT2D eigenvalue weighted by molar-refractivity contribution is -0.114. The molecule has 2 aromatic rings. The minimum atomic E-state index is -0.152. The Hall–Kier alpha value is -2.95. The Morgan fingerprint density at radius 2 is 1.92 bits per heavy atom. The Labute approximate surface area is 148 Å². The van der Waals surface area contributed by atoms with Crippen molar-refractivity contribution in [2.75, 3.05) is 30.4 Å². The van der Waals surface area contributed by atoms with Gasteiger partial charge in [-0.05, 0) is 43.7 Å². The van der Waals surface area contributed by atoms with E-state index in [1.807, 2.05) is 62.4 Å². The van der Waals surface area contributed by atoms with E-state index in [4.69, 9.17) is 9.47 Å². The predicted octanol–water partition coefficient (Wildman–Crippen LogP) is 4.09. The number of nitrogens with one attached hydrogen (secondary N) is 2. The molecule has 2 N–H and O–H groups in total. The fraction of sp³-hybridized carbons (Fsp3) is 0.250. The van der Waals surface area contributed by atoms with Crippen molar-refractivity contribution in [3.63, 3.8) is 0 Å². The number of anilines is 2. The van der Waals surface area contributed by atoms with E-state index < -0.39 is 0 Å². The van der Waals surface area contributed by atoms with Gasteiger partial charge in [0.2, 0.25) is 5.91 Å². The molecule has 0 unspecified atom stereocenters. The SMILES string of the molecule is C=C(C)COc1cccc(NCC(=O)Nc2ccccc2OCC)c1. The van der Waals surface area contributed by atoms with E-state index in [1.54, 1.807) is 0 Å². The first kappa shape index (κ1) is 18.4. The molecule has 0 saturated carbocycles. The molecule has 1 amide bonds. The summed E-state index contributed by atoms with van der Waals surface area (Å²) in [5, 5.41) is 5.94. The van der Waals surface area contributed by atoms with Gasteiger partial charge < -0.3 is 20.1 Å². The van der Waals surface area contributed by atoms with E-state index in [0.29, 0.717) is 24.7 Å². The molecule has 0 saturated heterocycles. The fourth-order valence-electron chi connectivity index (χ4n) is 2.13. The minimum Gasteiger partial charge on any atom is -0.492 e. The van der Waals surface area contributed by atoms with Crippen molar-refractivity contribution in [3.8, 4) is 11.5 Å². The number of para-hydroxylation sites is 2. The zero-order chi connectivity index (χ0) is 18.1. The third kappa shape index (κ3) is 6.22. The van der Waals surface area contributed by atoms with Crippen LogP contribution in [0.2, 0.25) is 0 Å². The number of amides is 1. The molecule has 5 heteroatoms. The summed E-state index contributed by atoms with van der Waals surface area (Å²) in [5.74, 6) is 1.24. The summed E-state index contributed by atoms with van der Waals surface area (Å²) in [7, 11) is 0. The molecule has 2 rings (SSSR count). The van der Waals surface area contributed by atoms with Crippen LogP contribution in [-0.2, 0) is 4.79 Å². The molecule has 0 fully saturated rings. The first-order valence-electron chi connectivity index (χ1n) is 8.21. The van der Waals surface area contributed by atoms with Crippen LogP contribution in [-0.4, -0.2) is 25.7 Å². The van der Waals surface area contributed by atoms with Crippen molar-refractivity contribution >= 4 is 17.3 Å². The number of hydrogen-bond acceptors (Lipinski definition) is 4. The highest BCUT2D eigenvalue weighted by atomic mass is 16.5. The molecule has 2 aromatic carbocycles. The Morgan fingerprint density at radius 1 is 1.12 bits per heavy atom. The van der Waals surface area contributed by atoms with Crippen LogP contribution in [0.3, 0.4) is 0 Å². The van der Waals surface area contributed by atoms with Gasteiger partial charge in [0.1, 0.15) is 18.1 Å². The van der Waals surface area contributed by atoms with Crippen molar-refractivity contribution in [2.24, 2.45) is 0 Å². The summed E-state index contributed by atoms with van der Waals surface area (Å²) in [6, 6.07) is 14.8. The Kier molecular flexibility index (Phi) is 6.89. The lowest BCUT2D eigenvalue weighted by Gasteiger charge is -2.12. The normalized spacial score (nSPS) is 10.0. The van der Waals surface area contributed by atoms with Crippen molar-refractivity contribution in [3.05, 3.63) is 60.7 Å². The van der Waals surface area contributed by atoms with Gasteiger partial charge in [0.25, 0.3) is 0 Å². The number of carbonyl (C=O) groups is 1. The summed E-state index contributed by atoms with van der Waals surface area (Å²) in [6.07, 6.45) is 0. The van der Waals surface area contributed by atoms with Gasteiger partial charge in [-0.3, -0.25) is 4.79 Å². The number of ether oxygens (including phenoxy) is 2. The summed E-state index contributed by atoms with van der Waals surface area (Å²) >= 11 is 0. The predicted molar refractivity (Wildman–Crippen MR) is 101 cm³/mol. The Morgan fingerprint density at radius 3 is 2.68 bits per heavy atom. The van der Waals surface area contributed by atoms with Crippen molar-refractivity contribution < 1.29 is 14.3 Å². The van der Waals surface area contributed by atoms with Gasteiger partial charge in [0, 0.05) is 11.8 Å². The molecule has 0 heterocycles. The number of hydrogen-bond donors (Lipinski definition) is 2. The van der Waals surface area contributed by atoms with E-state index in [1.165, 1.54) is 0 Å². The smallest absolute Gasteiger partial charge is 0.243 e. The van der Waals surface area contributed by atoms with Gasteiger partial charge in [-0.25, -0.2) is 0 Å². The topological polar surface area (TPSA) is 59.6 Å². The molecule has 0 aromatic heterocycles. The highest BCUT2D eigenvalue weighted by Gasteiger charge is 2.07. The van der Waals surface area contributed by atoms with Crippen molar-refractivity contribution in [1.82, 2.24) is 0 Å². The van der Waals surface area contributed by atoms with Crippen LogP contribution in [0.4, 0.5) is 11.4 Å². The van der Waals surface area contributed by atoms with Crippen LogP contribution in [0.25, 0.3) is 0 Å². The first-order chi connectivity index (χ1) is 12.1. The second kappa shape index (κ2) is 9.37. The van der Waals surface area contributed by atoms with Crippen molar-refractivity contribution in [2.45, 2.75) is 13.8 Å². The maximum atomic E-state index is 12.2. The standard InChI is InChI=1S/C20H24N2O3/c1-4-24-19-11-6-5-10-18(19)22-20(23)13-21-16-8-7-9-17(12-16)25-14-15(2)3/h5-12,21H,2,4,13-14H2,1,3H3,(H,22,23). The molecule has 25 heavy (non-hydrogen) atoms. The van der Waals surface area contributed by atoms with Crippen LogP contribution in [0, 0.1) is 0 Å². The quantitative estimate of drug-likeness (QED) is 0.675. The molecule has 0 spiro atoms. The maximum absolute atomic E-state index is 12.2. The molecular weight excluding hydrogens is 316 g/mol. The van der Waals surface area contributed by atoms with Crippen LogP contribution in [0.1, 0.15) is 13.8 Å². The second-order valence-corrected chi connectivity index (χ2v) is 5.60. The van der Waals surface area contributed by atoms with Gasteiger partial charge in [-0.1, -0.05) is 24.8 Å². The zero-order valence-electron chi connectivity index (χ0n) is 14.7. The summed E-state index contributed by atoms with van der Waals surface area (Å²) in [6.45, 7) is 8.78. The Bertz CT molecular complexity index is 728. The average Bonchev–Trinajstić information content (AvgIpc) is 2.60. The van der Waals surface area contributed by atoms with Crippen molar-refractivity contribution in [1.29, 1.82) is 0 Å². The molecule has 0 radical (unpaired) electrons. The van der Waals surface area contributed by atoms with E-state index in [-0.39, 0.29) is 12.5 Å². The third-order valence-corrected chi connectivity index (χ3v) is 3.23. The third-order valence-electron chi connectivity index (χ3n) is 3.23. The van der Waals surface area contributed by atoms with Crippen LogP contribution >= 0.6 is 0 Å². The molecule has 0 aliphatic rings. The van der Waals surface area contributed by atoms with E-state index in [9.17, 15) is 4.79 Å². The molecular formula is C20H24N2O3. The molecule has 132 valence electrons. The summed E-state index contributed by atoms with van der Waals surface area (Å²) < 4.78 is 11.1.